The van der Waals surface area contributed by atoms with Crippen LogP contribution in [0.5, 0.6) is 11.5 Å². The van der Waals surface area contributed by atoms with Crippen LogP contribution in [0.15, 0.2) is 22.8 Å². The van der Waals surface area contributed by atoms with E-state index >= 15 is 0 Å². The topological polar surface area (TPSA) is 55.8 Å². The minimum Gasteiger partial charge on any atom is -0.506 e. The van der Waals surface area contributed by atoms with Crippen LogP contribution in [0.25, 0.3) is 5.57 Å². The highest BCUT2D eigenvalue weighted by molar-refractivity contribution is 5.76. The quantitative estimate of drug-likeness (QED) is 0.539. The van der Waals surface area contributed by atoms with Crippen LogP contribution < -0.4 is 15.5 Å². The molecule has 0 radical (unpaired) electrons. The lowest BCUT2D eigenvalue weighted by Crippen LogP contribution is -2.24. The highest BCUT2D eigenvalue weighted by Crippen LogP contribution is 2.35. The molecule has 0 amide bonds. The van der Waals surface area contributed by atoms with E-state index in [4.69, 9.17) is 0 Å². The summed E-state index contributed by atoms with van der Waals surface area (Å²) in [6, 6.07) is 1.62. The van der Waals surface area contributed by atoms with Crippen LogP contribution in [0.4, 0.5) is 5.69 Å². The molecular formula is C13H12N2O2. The zero-order valence-corrected chi connectivity index (χ0v) is 9.27. The van der Waals surface area contributed by atoms with Crippen molar-refractivity contribution in [1.29, 1.82) is 0 Å². The van der Waals surface area contributed by atoms with E-state index in [1.807, 2.05) is 4.90 Å². The average Bonchev–Trinajstić information content (AvgIpc) is 2.91. The Balaban J connectivity index is 2.15. The maximum Gasteiger partial charge on any atom is 0.148 e. The summed E-state index contributed by atoms with van der Waals surface area (Å²) in [5, 5.41) is 21.6. The summed E-state index contributed by atoms with van der Waals surface area (Å²) in [5.41, 5.74) is 2.74. The van der Waals surface area contributed by atoms with E-state index in [-0.39, 0.29) is 11.5 Å². The summed E-state index contributed by atoms with van der Waals surface area (Å²) in [4.78, 5) is 6.42. The highest BCUT2D eigenvalue weighted by atomic mass is 16.3. The summed E-state index contributed by atoms with van der Waals surface area (Å²) in [5.74, 6) is 0.446. The Bertz CT molecular complexity index is 684. The first kappa shape index (κ1) is 9.10. The monoisotopic (exact) mass is 228 g/mol. The normalized spacial score (nSPS) is 19.9. The number of hydrogen-bond acceptors (Lipinski definition) is 4. The highest BCUT2D eigenvalue weighted by Gasteiger charge is 2.27. The predicted octanol–water partition coefficient (Wildman–Crippen LogP) is 0.379. The average molecular weight is 228 g/mol. The number of nitrogens with zero attached hydrogens (tertiary/aromatic N) is 2. The molecule has 1 saturated heterocycles. The number of phenolic OH excluding ortho intramolecular Hbond substituents is 2. The molecule has 0 spiro atoms. The van der Waals surface area contributed by atoms with Crippen molar-refractivity contribution >= 4 is 11.3 Å². The third kappa shape index (κ3) is 1.10. The van der Waals surface area contributed by atoms with Crippen LogP contribution in [0.1, 0.15) is 12.8 Å². The van der Waals surface area contributed by atoms with Crippen LogP contribution in [-0.2, 0) is 0 Å². The van der Waals surface area contributed by atoms with Gasteiger partial charge in [0.2, 0.25) is 0 Å². The molecule has 86 valence electrons. The molecular weight excluding hydrogens is 216 g/mol. The van der Waals surface area contributed by atoms with Crippen LogP contribution >= 0.6 is 0 Å². The third-order valence-electron chi connectivity index (χ3n) is 3.60. The molecule has 1 aliphatic carbocycles. The molecule has 0 saturated carbocycles. The molecule has 0 atom stereocenters. The fourth-order valence-electron chi connectivity index (χ4n) is 2.66. The van der Waals surface area contributed by atoms with Gasteiger partial charge >= 0.3 is 0 Å². The third-order valence-corrected chi connectivity index (χ3v) is 3.60. The molecule has 0 unspecified atom stereocenters. The molecule has 1 fully saturated rings. The van der Waals surface area contributed by atoms with Gasteiger partial charge in [0.05, 0.1) is 16.6 Å². The van der Waals surface area contributed by atoms with E-state index in [9.17, 15) is 10.2 Å². The molecule has 2 aliphatic heterocycles. The van der Waals surface area contributed by atoms with Crippen LogP contribution in [-0.4, -0.2) is 23.3 Å². The lowest BCUT2D eigenvalue weighted by atomic mass is 10.1. The van der Waals surface area contributed by atoms with E-state index < -0.39 is 0 Å². The van der Waals surface area contributed by atoms with Gasteiger partial charge in [-0.3, -0.25) is 0 Å². The molecule has 4 rings (SSSR count). The standard InChI is InChI=1S/C13H12N2O2/c16-10-6-9(15-4-5-15)13(17)11-7-2-1-3-8(7)14-12(10)11/h3,6,16-17H,1-2,4-5H2. The minimum atomic E-state index is 0.169. The van der Waals surface area contributed by atoms with Crippen molar-refractivity contribution in [2.24, 2.45) is 4.99 Å². The molecule has 2 heterocycles. The van der Waals surface area contributed by atoms with Gasteiger partial charge in [-0.05, 0) is 18.4 Å². The maximum atomic E-state index is 10.3. The summed E-state index contributed by atoms with van der Waals surface area (Å²) in [7, 11) is 0. The van der Waals surface area contributed by atoms with Gasteiger partial charge in [0.1, 0.15) is 16.9 Å². The Labute approximate surface area is 97.8 Å². The molecule has 4 heteroatoms. The zero-order chi connectivity index (χ0) is 11.6. The van der Waals surface area contributed by atoms with Crippen molar-refractivity contribution in [3.8, 4) is 11.5 Å². The van der Waals surface area contributed by atoms with Gasteiger partial charge in [0.15, 0.2) is 0 Å². The number of fused-ring (bicyclic) bond motifs is 2. The van der Waals surface area contributed by atoms with Crippen LogP contribution in [0.2, 0.25) is 0 Å². The zero-order valence-electron chi connectivity index (χ0n) is 9.27. The molecule has 17 heavy (non-hydrogen) atoms. The van der Waals surface area contributed by atoms with Crippen molar-refractivity contribution in [3.05, 3.63) is 28.4 Å². The first-order chi connectivity index (χ1) is 8.25. The predicted molar refractivity (Wildman–Crippen MR) is 63.5 cm³/mol. The molecule has 1 aromatic carbocycles. The van der Waals surface area contributed by atoms with Gasteiger partial charge in [-0.2, -0.15) is 0 Å². The number of aromatic hydroxyl groups is 2. The number of hydrogen-bond donors (Lipinski definition) is 2. The second-order valence-corrected chi connectivity index (χ2v) is 4.69. The number of anilines is 1. The second-order valence-electron chi connectivity index (χ2n) is 4.69. The van der Waals surface area contributed by atoms with Crippen LogP contribution in [0.3, 0.4) is 0 Å². The number of rotatable bonds is 1. The molecule has 0 aromatic heterocycles. The lowest BCUT2D eigenvalue weighted by Gasteiger charge is -2.07. The summed E-state index contributed by atoms with van der Waals surface area (Å²) in [6.07, 6.45) is 3.94. The van der Waals surface area contributed by atoms with Gasteiger partial charge in [-0.15, -0.1) is 0 Å². The Morgan fingerprint density at radius 2 is 2.06 bits per heavy atom. The van der Waals surface area contributed by atoms with Gasteiger partial charge in [0, 0.05) is 19.2 Å². The van der Waals surface area contributed by atoms with Crippen molar-refractivity contribution in [3.63, 3.8) is 0 Å². The molecule has 1 aromatic rings. The van der Waals surface area contributed by atoms with Crippen molar-refractivity contribution < 1.29 is 10.2 Å². The smallest absolute Gasteiger partial charge is 0.148 e. The number of benzene rings is 1. The van der Waals surface area contributed by atoms with Gasteiger partial charge in [-0.25, -0.2) is 4.99 Å². The molecule has 2 N–H and O–H groups in total. The first-order valence-corrected chi connectivity index (χ1v) is 5.88. The van der Waals surface area contributed by atoms with E-state index in [1.54, 1.807) is 6.07 Å². The Morgan fingerprint density at radius 3 is 2.82 bits per heavy atom. The largest absolute Gasteiger partial charge is 0.506 e. The fourth-order valence-corrected chi connectivity index (χ4v) is 2.66. The maximum absolute atomic E-state index is 10.3. The number of phenols is 2. The van der Waals surface area contributed by atoms with E-state index in [0.717, 1.165) is 48.1 Å². The van der Waals surface area contributed by atoms with Crippen molar-refractivity contribution in [2.45, 2.75) is 12.8 Å². The Kier molecular flexibility index (Phi) is 1.51. The Morgan fingerprint density at radius 1 is 1.24 bits per heavy atom. The van der Waals surface area contributed by atoms with Crippen molar-refractivity contribution in [2.75, 3.05) is 18.0 Å². The summed E-state index contributed by atoms with van der Waals surface area (Å²) < 4.78 is 0. The molecule has 3 aliphatic rings. The Hall–Kier alpha value is -1.97. The number of allylic oxidation sites excluding steroid dienone is 2. The molecule has 0 bridgehead atoms. The van der Waals surface area contributed by atoms with E-state index in [1.165, 1.54) is 0 Å². The minimum absolute atomic E-state index is 0.169. The van der Waals surface area contributed by atoms with E-state index in [2.05, 4.69) is 11.1 Å². The van der Waals surface area contributed by atoms with Gasteiger partial charge in [-0.1, -0.05) is 6.08 Å². The van der Waals surface area contributed by atoms with Crippen molar-refractivity contribution in [1.82, 2.24) is 0 Å². The molecule has 4 nitrogen and oxygen atoms in total. The van der Waals surface area contributed by atoms with Crippen LogP contribution in [0, 0.1) is 0 Å². The first-order valence-electron chi connectivity index (χ1n) is 5.88. The SMILES string of the molecule is Oc1cc(N2CC2)c(O)c2c1=NC1=CCCC=21. The van der Waals surface area contributed by atoms with Gasteiger partial charge < -0.3 is 15.1 Å². The van der Waals surface area contributed by atoms with Gasteiger partial charge in [0.25, 0.3) is 0 Å². The summed E-state index contributed by atoms with van der Waals surface area (Å²) in [6.45, 7) is 1.89. The van der Waals surface area contributed by atoms with E-state index in [0.29, 0.717) is 5.36 Å². The second kappa shape index (κ2) is 2.83. The lowest BCUT2D eigenvalue weighted by molar-refractivity contribution is 0.452. The fraction of sp³-hybridized carbons (Fsp3) is 0.308. The summed E-state index contributed by atoms with van der Waals surface area (Å²) >= 11 is 0.